The van der Waals surface area contributed by atoms with E-state index in [-0.39, 0.29) is 53.9 Å². The number of carbonyl (C=O) groups is 3. The predicted molar refractivity (Wildman–Crippen MR) is 127 cm³/mol. The van der Waals surface area contributed by atoms with Crippen molar-refractivity contribution in [2.75, 3.05) is 11.9 Å². The smallest absolute Gasteiger partial charge is 0.272 e. The topological polar surface area (TPSA) is 179 Å². The predicted octanol–water partition coefficient (Wildman–Crippen LogP) is 1.56. The number of hydrogen-bond acceptors (Lipinski definition) is 8. The van der Waals surface area contributed by atoms with Gasteiger partial charge in [0.2, 0.25) is 0 Å². The van der Waals surface area contributed by atoms with Gasteiger partial charge in [0.05, 0.1) is 16.8 Å². The van der Waals surface area contributed by atoms with Crippen LogP contribution in [-0.4, -0.2) is 49.5 Å². The van der Waals surface area contributed by atoms with Crippen molar-refractivity contribution >= 4 is 34.4 Å². The van der Waals surface area contributed by atoms with Crippen LogP contribution in [0.1, 0.15) is 32.0 Å². The highest BCUT2D eigenvalue weighted by Crippen LogP contribution is 2.28. The second kappa shape index (κ2) is 9.25. The van der Waals surface area contributed by atoms with Crippen LogP contribution < -0.4 is 20.7 Å². The van der Waals surface area contributed by atoms with Crippen LogP contribution in [-0.2, 0) is 17.9 Å². The molecule has 3 amide bonds. The summed E-state index contributed by atoms with van der Waals surface area (Å²) in [5, 5.41) is 27.2. The number of aromatic amines is 1. The number of benzene rings is 2. The summed E-state index contributed by atoms with van der Waals surface area (Å²) in [6, 6.07) is 9.45. The van der Waals surface area contributed by atoms with Gasteiger partial charge in [-0.3, -0.25) is 14.4 Å². The molecule has 36 heavy (non-hydrogen) atoms. The fourth-order valence-corrected chi connectivity index (χ4v) is 3.75. The number of fused-ring (bicyclic) bond motifs is 2. The van der Waals surface area contributed by atoms with Crippen molar-refractivity contribution < 1.29 is 29.3 Å². The number of nitrogens with zero attached hydrogens (tertiary/aromatic N) is 2. The van der Waals surface area contributed by atoms with Gasteiger partial charge >= 0.3 is 0 Å². The number of hydrogen-bond donors (Lipinski definition) is 6. The lowest BCUT2D eigenvalue weighted by atomic mass is 10.1. The van der Waals surface area contributed by atoms with Crippen molar-refractivity contribution in [1.29, 1.82) is 0 Å². The highest BCUT2D eigenvalue weighted by atomic mass is 16.5. The number of anilines is 1. The van der Waals surface area contributed by atoms with E-state index in [0.29, 0.717) is 22.5 Å². The number of rotatable bonds is 6. The first kappa shape index (κ1) is 22.7. The Labute approximate surface area is 203 Å². The Kier molecular flexibility index (Phi) is 5.82. The Hall–Kier alpha value is -5.13. The highest BCUT2D eigenvalue weighted by molar-refractivity contribution is 6.10. The van der Waals surface area contributed by atoms with E-state index in [2.05, 4.69) is 30.9 Å². The number of aromatic nitrogens is 3. The van der Waals surface area contributed by atoms with Crippen LogP contribution in [0.4, 0.5) is 5.69 Å². The maximum Gasteiger partial charge on any atom is 0.272 e. The Morgan fingerprint density at radius 2 is 1.72 bits per heavy atom. The van der Waals surface area contributed by atoms with Crippen LogP contribution in [0.2, 0.25) is 0 Å². The van der Waals surface area contributed by atoms with E-state index in [4.69, 9.17) is 4.74 Å². The molecule has 0 spiro atoms. The molecule has 0 aliphatic carbocycles. The summed E-state index contributed by atoms with van der Waals surface area (Å²) >= 11 is 0. The number of amides is 3. The van der Waals surface area contributed by atoms with Gasteiger partial charge in [-0.1, -0.05) is 12.1 Å². The monoisotopic (exact) mass is 488 g/mol. The number of phenols is 2. The fourth-order valence-electron chi connectivity index (χ4n) is 3.75. The molecule has 12 nitrogen and oxygen atoms in total. The van der Waals surface area contributed by atoms with Gasteiger partial charge in [0.25, 0.3) is 17.7 Å². The summed E-state index contributed by atoms with van der Waals surface area (Å²) in [7, 11) is 0. The molecule has 12 heteroatoms. The first-order valence-corrected chi connectivity index (χ1v) is 10.8. The van der Waals surface area contributed by atoms with Gasteiger partial charge in [0, 0.05) is 19.3 Å². The molecule has 0 radical (unpaired) electrons. The zero-order chi connectivity index (χ0) is 25.2. The van der Waals surface area contributed by atoms with Crippen LogP contribution in [0.3, 0.4) is 0 Å². The zero-order valence-electron chi connectivity index (χ0n) is 18.7. The summed E-state index contributed by atoms with van der Waals surface area (Å²) in [6.07, 6.45) is 2.64. The van der Waals surface area contributed by atoms with E-state index < -0.39 is 11.8 Å². The molecule has 0 bridgehead atoms. The lowest BCUT2D eigenvalue weighted by Gasteiger charge is -2.18. The molecule has 2 aromatic heterocycles. The maximum absolute atomic E-state index is 12.9. The largest absolute Gasteiger partial charge is 0.504 e. The zero-order valence-corrected chi connectivity index (χ0v) is 18.7. The van der Waals surface area contributed by atoms with Crippen molar-refractivity contribution in [1.82, 2.24) is 25.6 Å². The summed E-state index contributed by atoms with van der Waals surface area (Å²) in [4.78, 5) is 48.2. The number of phenolic OH excluding ortho intramolecular Hbond substituents is 2. The van der Waals surface area contributed by atoms with E-state index >= 15 is 0 Å². The molecule has 0 saturated carbocycles. The van der Waals surface area contributed by atoms with Gasteiger partial charge in [-0.05, 0) is 35.4 Å². The molecule has 2 aromatic carbocycles. The third kappa shape index (κ3) is 4.46. The first-order valence-electron chi connectivity index (χ1n) is 10.8. The van der Waals surface area contributed by atoms with Crippen LogP contribution in [0.25, 0.3) is 11.0 Å². The molecule has 0 fully saturated rings. The maximum atomic E-state index is 12.9. The second-order valence-corrected chi connectivity index (χ2v) is 8.00. The molecule has 1 aliphatic heterocycles. The van der Waals surface area contributed by atoms with E-state index in [9.17, 15) is 24.6 Å². The summed E-state index contributed by atoms with van der Waals surface area (Å²) in [5.74, 6) is -1.16. The Bertz CT molecular complexity index is 1510. The summed E-state index contributed by atoms with van der Waals surface area (Å²) < 4.78 is 5.33. The van der Waals surface area contributed by atoms with Crippen LogP contribution in [0.15, 0.2) is 48.9 Å². The van der Waals surface area contributed by atoms with Crippen LogP contribution in [0.5, 0.6) is 17.2 Å². The normalized spacial score (nSPS) is 12.4. The third-order valence-electron chi connectivity index (χ3n) is 5.55. The SMILES string of the molecule is O=C1COc2ccc(CNC(=O)c3ncnc4c(C(=O)NCc5ccc(O)c(O)c5)c[nH]c34)cc2N1. The second-order valence-electron chi connectivity index (χ2n) is 8.00. The molecule has 182 valence electrons. The molecule has 5 rings (SSSR count). The molecule has 6 N–H and O–H groups in total. The minimum Gasteiger partial charge on any atom is -0.504 e. The van der Waals surface area contributed by atoms with Crippen LogP contribution in [0, 0.1) is 0 Å². The van der Waals surface area contributed by atoms with Crippen molar-refractivity contribution in [3.8, 4) is 17.2 Å². The average Bonchev–Trinajstić information content (AvgIpc) is 3.32. The van der Waals surface area contributed by atoms with Gasteiger partial charge in [-0.2, -0.15) is 0 Å². The Morgan fingerprint density at radius 1 is 0.972 bits per heavy atom. The molecule has 1 aliphatic rings. The number of carbonyl (C=O) groups excluding carboxylic acids is 3. The van der Waals surface area contributed by atoms with Crippen molar-refractivity contribution in [3.63, 3.8) is 0 Å². The molecular weight excluding hydrogens is 468 g/mol. The molecular formula is C24H20N6O6. The fraction of sp³-hybridized carbons (Fsp3) is 0.125. The highest BCUT2D eigenvalue weighted by Gasteiger charge is 2.20. The molecule has 0 saturated heterocycles. The van der Waals surface area contributed by atoms with Gasteiger partial charge in [-0.15, -0.1) is 0 Å². The lowest BCUT2D eigenvalue weighted by molar-refractivity contribution is -0.118. The third-order valence-corrected chi connectivity index (χ3v) is 5.55. The quantitative estimate of drug-likeness (QED) is 0.221. The van der Waals surface area contributed by atoms with Gasteiger partial charge in [0.15, 0.2) is 23.8 Å². The molecule has 4 aromatic rings. The van der Waals surface area contributed by atoms with E-state index in [0.717, 1.165) is 5.56 Å². The minimum atomic E-state index is -0.478. The van der Waals surface area contributed by atoms with Crippen LogP contribution >= 0.6 is 0 Å². The van der Waals surface area contributed by atoms with E-state index in [1.807, 2.05) is 0 Å². The van der Waals surface area contributed by atoms with Crippen molar-refractivity contribution in [3.05, 3.63) is 71.3 Å². The minimum absolute atomic E-state index is 0.0383. The summed E-state index contributed by atoms with van der Waals surface area (Å²) in [6.45, 7) is 0.231. The van der Waals surface area contributed by atoms with Crippen molar-refractivity contribution in [2.45, 2.75) is 13.1 Å². The van der Waals surface area contributed by atoms with E-state index in [1.165, 1.54) is 24.7 Å². The molecule has 0 atom stereocenters. The van der Waals surface area contributed by atoms with E-state index in [1.54, 1.807) is 24.3 Å². The van der Waals surface area contributed by atoms with Gasteiger partial charge < -0.3 is 35.9 Å². The number of aromatic hydroxyl groups is 2. The molecule has 3 heterocycles. The Balaban J connectivity index is 1.28. The lowest BCUT2D eigenvalue weighted by Crippen LogP contribution is -2.26. The molecule has 0 unspecified atom stereocenters. The average molecular weight is 488 g/mol. The number of nitrogens with one attached hydrogen (secondary N) is 4. The number of ether oxygens (including phenoxy) is 1. The Morgan fingerprint density at radius 3 is 2.53 bits per heavy atom. The first-order chi connectivity index (χ1) is 17.4. The number of H-pyrrole nitrogens is 1. The summed E-state index contributed by atoms with van der Waals surface area (Å²) in [5.41, 5.74) is 2.71. The van der Waals surface area contributed by atoms with Gasteiger partial charge in [0.1, 0.15) is 17.6 Å². The van der Waals surface area contributed by atoms with Crippen molar-refractivity contribution in [2.24, 2.45) is 0 Å². The standard InChI is InChI=1S/C24H20N6O6/c31-16-3-1-13(6-17(16)32)8-26-23(34)14-9-25-21-20(14)28-11-29-22(21)24(35)27-7-12-2-4-18-15(5-12)30-19(33)10-36-18/h1-6,9,11,25,31-32H,7-8,10H2,(H,26,34)(H,27,35)(H,30,33). The van der Waals surface area contributed by atoms with Gasteiger partial charge in [-0.25, -0.2) is 9.97 Å².